The van der Waals surface area contributed by atoms with Crippen molar-refractivity contribution in [2.75, 3.05) is 12.8 Å². The molecular formula is C17H21N3O3S. The molecule has 0 aliphatic rings. The van der Waals surface area contributed by atoms with Gasteiger partial charge in [0.25, 0.3) is 0 Å². The van der Waals surface area contributed by atoms with Crippen molar-refractivity contribution in [1.29, 1.82) is 0 Å². The molecule has 0 fully saturated rings. The van der Waals surface area contributed by atoms with E-state index in [1.165, 1.54) is 4.31 Å². The Labute approximate surface area is 142 Å². The molecule has 1 amide bonds. The monoisotopic (exact) mass is 347 g/mol. The number of nitrogens with zero attached hydrogens (tertiary/aromatic N) is 2. The molecule has 2 rings (SSSR count). The Bertz CT molecular complexity index is 792. The Morgan fingerprint density at radius 1 is 1.17 bits per heavy atom. The van der Waals surface area contributed by atoms with Crippen molar-refractivity contribution in [3.63, 3.8) is 0 Å². The fraction of sp³-hybridized carbons (Fsp3) is 0.294. The first-order valence-corrected chi connectivity index (χ1v) is 9.36. The minimum absolute atomic E-state index is 0.175. The first-order chi connectivity index (χ1) is 11.4. The van der Waals surface area contributed by atoms with Gasteiger partial charge in [0, 0.05) is 25.5 Å². The van der Waals surface area contributed by atoms with Gasteiger partial charge in [-0.25, -0.2) is 8.42 Å². The molecule has 1 aromatic carbocycles. The van der Waals surface area contributed by atoms with Crippen LogP contribution in [0.15, 0.2) is 48.8 Å². The first kappa shape index (κ1) is 18.1. The van der Waals surface area contributed by atoms with E-state index >= 15 is 0 Å². The summed E-state index contributed by atoms with van der Waals surface area (Å²) in [7, 11) is -3.50. The number of benzene rings is 1. The predicted octanol–water partition coefficient (Wildman–Crippen LogP) is 1.47. The van der Waals surface area contributed by atoms with Crippen molar-refractivity contribution in [3.05, 3.63) is 65.5 Å². The van der Waals surface area contributed by atoms with Crippen LogP contribution < -0.4 is 5.32 Å². The Morgan fingerprint density at radius 2 is 1.83 bits per heavy atom. The molecule has 128 valence electrons. The van der Waals surface area contributed by atoms with Gasteiger partial charge >= 0.3 is 0 Å². The van der Waals surface area contributed by atoms with Gasteiger partial charge in [-0.15, -0.1) is 0 Å². The fourth-order valence-corrected chi connectivity index (χ4v) is 2.91. The normalized spacial score (nSPS) is 11.5. The van der Waals surface area contributed by atoms with Crippen LogP contribution in [0.1, 0.15) is 16.7 Å². The third-order valence-corrected chi connectivity index (χ3v) is 4.83. The second-order valence-electron chi connectivity index (χ2n) is 5.59. The molecule has 0 aliphatic heterocycles. The molecule has 1 aromatic heterocycles. The maximum atomic E-state index is 12.1. The Balaban J connectivity index is 2.01. The lowest BCUT2D eigenvalue weighted by Gasteiger charge is -2.20. The second kappa shape index (κ2) is 8.03. The molecule has 0 unspecified atom stereocenters. The Hall–Kier alpha value is -2.25. The summed E-state index contributed by atoms with van der Waals surface area (Å²) in [6, 6.07) is 11.1. The molecule has 0 atom stereocenters. The smallest absolute Gasteiger partial charge is 0.235 e. The van der Waals surface area contributed by atoms with Crippen LogP contribution in [0.25, 0.3) is 0 Å². The van der Waals surface area contributed by atoms with Gasteiger partial charge in [-0.3, -0.25) is 9.78 Å². The number of hydrogen-bond acceptors (Lipinski definition) is 4. The zero-order chi connectivity index (χ0) is 17.6. The number of carbonyl (C=O) groups is 1. The minimum atomic E-state index is -3.50. The largest absolute Gasteiger partial charge is 0.351 e. The summed E-state index contributed by atoms with van der Waals surface area (Å²) in [5, 5.41) is 2.73. The highest BCUT2D eigenvalue weighted by Crippen LogP contribution is 2.12. The number of hydrogen-bond donors (Lipinski definition) is 1. The quantitative estimate of drug-likeness (QED) is 0.822. The van der Waals surface area contributed by atoms with Crippen molar-refractivity contribution >= 4 is 15.9 Å². The van der Waals surface area contributed by atoms with E-state index in [0.29, 0.717) is 6.54 Å². The predicted molar refractivity (Wildman–Crippen MR) is 92.5 cm³/mol. The Morgan fingerprint density at radius 3 is 2.46 bits per heavy atom. The summed E-state index contributed by atoms with van der Waals surface area (Å²) in [5.41, 5.74) is 2.77. The molecular weight excluding hydrogens is 326 g/mol. The highest BCUT2D eigenvalue weighted by atomic mass is 32.2. The number of aryl methyl sites for hydroxylation is 1. The molecule has 24 heavy (non-hydrogen) atoms. The number of carbonyl (C=O) groups excluding carboxylic acids is 1. The van der Waals surface area contributed by atoms with E-state index in [0.717, 1.165) is 22.9 Å². The van der Waals surface area contributed by atoms with Gasteiger partial charge in [-0.1, -0.05) is 24.3 Å². The van der Waals surface area contributed by atoms with Crippen LogP contribution >= 0.6 is 0 Å². The maximum Gasteiger partial charge on any atom is 0.235 e. The minimum Gasteiger partial charge on any atom is -0.351 e. The standard InChI is InChI=1S/C17H21N3O3S/c1-14-5-3-4-6-16(14)12-20(24(2,22)23)13-17(21)19-11-15-7-9-18-10-8-15/h3-10H,11-13H2,1-2H3,(H,19,21). The lowest BCUT2D eigenvalue weighted by atomic mass is 10.1. The van der Waals surface area contributed by atoms with Gasteiger partial charge in [-0.05, 0) is 35.7 Å². The van der Waals surface area contributed by atoms with Crippen LogP contribution in [0.5, 0.6) is 0 Å². The number of sulfonamides is 1. The van der Waals surface area contributed by atoms with Crippen LogP contribution in [0.4, 0.5) is 0 Å². The molecule has 0 radical (unpaired) electrons. The lowest BCUT2D eigenvalue weighted by Crippen LogP contribution is -2.39. The molecule has 1 heterocycles. The van der Waals surface area contributed by atoms with Gasteiger partial charge in [0.05, 0.1) is 12.8 Å². The molecule has 0 saturated heterocycles. The number of nitrogens with one attached hydrogen (secondary N) is 1. The summed E-state index contributed by atoms with van der Waals surface area (Å²) in [6.45, 7) is 2.22. The zero-order valence-corrected chi connectivity index (χ0v) is 14.6. The molecule has 7 heteroatoms. The first-order valence-electron chi connectivity index (χ1n) is 7.51. The van der Waals surface area contributed by atoms with Crippen LogP contribution in [-0.4, -0.2) is 36.4 Å². The van der Waals surface area contributed by atoms with Crippen molar-refractivity contribution in [2.24, 2.45) is 0 Å². The zero-order valence-electron chi connectivity index (χ0n) is 13.8. The van der Waals surface area contributed by atoms with E-state index < -0.39 is 10.0 Å². The van der Waals surface area contributed by atoms with Crippen LogP contribution in [0, 0.1) is 6.92 Å². The summed E-state index contributed by atoms with van der Waals surface area (Å²) >= 11 is 0. The van der Waals surface area contributed by atoms with Crippen LogP contribution in [-0.2, 0) is 27.9 Å². The number of amides is 1. The van der Waals surface area contributed by atoms with Crippen molar-refractivity contribution < 1.29 is 13.2 Å². The average Bonchev–Trinajstić information content (AvgIpc) is 2.54. The van der Waals surface area contributed by atoms with Crippen LogP contribution in [0.2, 0.25) is 0 Å². The van der Waals surface area contributed by atoms with Gasteiger partial charge in [0.15, 0.2) is 0 Å². The molecule has 6 nitrogen and oxygen atoms in total. The summed E-state index contributed by atoms with van der Waals surface area (Å²) in [5.74, 6) is -0.342. The summed E-state index contributed by atoms with van der Waals surface area (Å²) < 4.78 is 25.2. The lowest BCUT2D eigenvalue weighted by molar-refractivity contribution is -0.121. The number of pyridine rings is 1. The highest BCUT2D eigenvalue weighted by Gasteiger charge is 2.21. The molecule has 2 aromatic rings. The van der Waals surface area contributed by atoms with E-state index in [2.05, 4.69) is 10.3 Å². The topological polar surface area (TPSA) is 79.4 Å². The van der Waals surface area contributed by atoms with Gasteiger partial charge in [0.1, 0.15) is 0 Å². The van der Waals surface area contributed by atoms with Crippen molar-refractivity contribution in [2.45, 2.75) is 20.0 Å². The van der Waals surface area contributed by atoms with E-state index in [-0.39, 0.29) is 19.0 Å². The van der Waals surface area contributed by atoms with E-state index in [4.69, 9.17) is 0 Å². The molecule has 0 saturated carbocycles. The van der Waals surface area contributed by atoms with Crippen molar-refractivity contribution in [3.8, 4) is 0 Å². The van der Waals surface area contributed by atoms with E-state index in [1.807, 2.05) is 31.2 Å². The van der Waals surface area contributed by atoms with E-state index in [9.17, 15) is 13.2 Å². The number of rotatable bonds is 7. The summed E-state index contributed by atoms with van der Waals surface area (Å²) in [6.07, 6.45) is 4.40. The third kappa shape index (κ3) is 5.43. The van der Waals surface area contributed by atoms with E-state index in [1.54, 1.807) is 24.5 Å². The number of aromatic nitrogens is 1. The SMILES string of the molecule is Cc1ccccc1CN(CC(=O)NCc1ccncc1)S(C)(=O)=O. The fourth-order valence-electron chi connectivity index (χ4n) is 2.19. The van der Waals surface area contributed by atoms with Gasteiger partial charge in [-0.2, -0.15) is 4.31 Å². The summed E-state index contributed by atoms with van der Waals surface area (Å²) in [4.78, 5) is 16.0. The molecule has 0 bridgehead atoms. The third-order valence-electron chi connectivity index (χ3n) is 3.64. The van der Waals surface area contributed by atoms with Gasteiger partial charge in [0.2, 0.25) is 15.9 Å². The second-order valence-corrected chi connectivity index (χ2v) is 7.57. The van der Waals surface area contributed by atoms with Crippen molar-refractivity contribution in [1.82, 2.24) is 14.6 Å². The Kier molecular flexibility index (Phi) is 6.05. The molecule has 0 aliphatic carbocycles. The molecule has 0 spiro atoms. The molecule has 1 N–H and O–H groups in total. The highest BCUT2D eigenvalue weighted by molar-refractivity contribution is 7.88. The van der Waals surface area contributed by atoms with Gasteiger partial charge < -0.3 is 5.32 Å². The van der Waals surface area contributed by atoms with Crippen LogP contribution in [0.3, 0.4) is 0 Å². The maximum absolute atomic E-state index is 12.1. The average molecular weight is 347 g/mol.